The van der Waals surface area contributed by atoms with Gasteiger partial charge in [-0.2, -0.15) is 0 Å². The molecule has 0 aliphatic rings. The number of rotatable bonds is 4. The SMILES string of the molecule is CCc1ccc(CC(=O)c2cc(Cl)cc(Cl)c2)cc1. The minimum Gasteiger partial charge on any atom is -0.294 e. The van der Waals surface area contributed by atoms with Gasteiger partial charge < -0.3 is 0 Å². The molecule has 0 atom stereocenters. The van der Waals surface area contributed by atoms with Crippen molar-refractivity contribution >= 4 is 29.0 Å². The molecule has 2 aromatic carbocycles. The van der Waals surface area contributed by atoms with Gasteiger partial charge in [0.2, 0.25) is 0 Å². The van der Waals surface area contributed by atoms with Crippen molar-refractivity contribution in [1.29, 1.82) is 0 Å². The van der Waals surface area contributed by atoms with Crippen LogP contribution in [0.15, 0.2) is 42.5 Å². The summed E-state index contributed by atoms with van der Waals surface area (Å²) in [5.74, 6) is 0.0219. The third kappa shape index (κ3) is 3.82. The fraction of sp³-hybridized carbons (Fsp3) is 0.188. The van der Waals surface area contributed by atoms with Crippen molar-refractivity contribution in [1.82, 2.24) is 0 Å². The van der Waals surface area contributed by atoms with Gasteiger partial charge in [-0.3, -0.25) is 4.79 Å². The quantitative estimate of drug-likeness (QED) is 0.726. The first-order chi connectivity index (χ1) is 9.08. The van der Waals surface area contributed by atoms with Gasteiger partial charge in [0, 0.05) is 22.0 Å². The number of carbonyl (C=O) groups excluding carboxylic acids is 1. The van der Waals surface area contributed by atoms with Crippen LogP contribution in [0.25, 0.3) is 0 Å². The van der Waals surface area contributed by atoms with Crippen molar-refractivity contribution in [2.24, 2.45) is 0 Å². The largest absolute Gasteiger partial charge is 0.294 e. The Morgan fingerprint density at radius 3 is 2.00 bits per heavy atom. The number of ketones is 1. The van der Waals surface area contributed by atoms with Gasteiger partial charge in [-0.1, -0.05) is 54.4 Å². The lowest BCUT2D eigenvalue weighted by Crippen LogP contribution is -2.03. The molecule has 3 heteroatoms. The highest BCUT2D eigenvalue weighted by molar-refractivity contribution is 6.35. The lowest BCUT2D eigenvalue weighted by Gasteiger charge is -2.04. The van der Waals surface area contributed by atoms with Crippen molar-refractivity contribution in [3.05, 3.63) is 69.2 Å². The molecule has 2 aromatic rings. The predicted molar refractivity (Wildman–Crippen MR) is 80.3 cm³/mol. The van der Waals surface area contributed by atoms with Crippen LogP contribution in [0.2, 0.25) is 10.0 Å². The molecule has 0 heterocycles. The Hall–Kier alpha value is -1.31. The molecule has 1 nitrogen and oxygen atoms in total. The van der Waals surface area contributed by atoms with E-state index >= 15 is 0 Å². The van der Waals surface area contributed by atoms with Gasteiger partial charge >= 0.3 is 0 Å². The Morgan fingerprint density at radius 2 is 1.47 bits per heavy atom. The van der Waals surface area contributed by atoms with E-state index in [4.69, 9.17) is 23.2 Å². The topological polar surface area (TPSA) is 17.1 Å². The van der Waals surface area contributed by atoms with E-state index in [-0.39, 0.29) is 5.78 Å². The highest BCUT2D eigenvalue weighted by atomic mass is 35.5. The molecular weight excluding hydrogens is 279 g/mol. The summed E-state index contributed by atoms with van der Waals surface area (Å²) in [5, 5.41) is 0.967. The fourth-order valence-electron chi connectivity index (χ4n) is 1.90. The molecular formula is C16H14Cl2O. The highest BCUT2D eigenvalue weighted by Crippen LogP contribution is 2.20. The van der Waals surface area contributed by atoms with E-state index in [0.717, 1.165) is 12.0 Å². The summed E-state index contributed by atoms with van der Waals surface area (Å²) in [7, 11) is 0. The minimum atomic E-state index is 0.0219. The Bertz CT molecular complexity index is 568. The zero-order valence-electron chi connectivity index (χ0n) is 10.6. The molecule has 0 N–H and O–H groups in total. The zero-order valence-corrected chi connectivity index (χ0v) is 12.1. The summed E-state index contributed by atoms with van der Waals surface area (Å²) in [4.78, 5) is 12.2. The highest BCUT2D eigenvalue weighted by Gasteiger charge is 2.09. The van der Waals surface area contributed by atoms with Crippen molar-refractivity contribution in [2.75, 3.05) is 0 Å². The molecule has 0 fully saturated rings. The maximum absolute atomic E-state index is 12.2. The van der Waals surface area contributed by atoms with Gasteiger partial charge in [-0.05, 0) is 35.7 Å². The monoisotopic (exact) mass is 292 g/mol. The van der Waals surface area contributed by atoms with Crippen molar-refractivity contribution in [3.8, 4) is 0 Å². The Morgan fingerprint density at radius 1 is 0.947 bits per heavy atom. The fourth-order valence-corrected chi connectivity index (χ4v) is 2.42. The number of halogens is 2. The van der Waals surface area contributed by atoms with E-state index in [2.05, 4.69) is 6.92 Å². The first-order valence-corrected chi connectivity index (χ1v) is 6.91. The number of Topliss-reactive ketones (excluding diaryl/α,β-unsaturated/α-hetero) is 1. The minimum absolute atomic E-state index is 0.0219. The lowest BCUT2D eigenvalue weighted by molar-refractivity contribution is 0.0993. The second kappa shape index (κ2) is 6.23. The molecule has 19 heavy (non-hydrogen) atoms. The van der Waals surface area contributed by atoms with Crippen LogP contribution in [0, 0.1) is 0 Å². The zero-order chi connectivity index (χ0) is 13.8. The molecule has 0 saturated carbocycles. The van der Waals surface area contributed by atoms with E-state index in [1.807, 2.05) is 24.3 Å². The number of benzene rings is 2. The van der Waals surface area contributed by atoms with Crippen LogP contribution in [0.3, 0.4) is 0 Å². The van der Waals surface area contributed by atoms with E-state index in [1.165, 1.54) is 5.56 Å². The van der Waals surface area contributed by atoms with Crippen LogP contribution in [-0.2, 0) is 12.8 Å². The summed E-state index contributed by atoms with van der Waals surface area (Å²) in [6.07, 6.45) is 1.36. The van der Waals surface area contributed by atoms with Gasteiger partial charge in [0.15, 0.2) is 5.78 Å². The van der Waals surface area contributed by atoms with Gasteiger partial charge in [0.1, 0.15) is 0 Å². The molecule has 0 aliphatic heterocycles. The molecule has 0 spiro atoms. The smallest absolute Gasteiger partial charge is 0.167 e. The van der Waals surface area contributed by atoms with E-state index < -0.39 is 0 Å². The van der Waals surface area contributed by atoms with Gasteiger partial charge in [-0.25, -0.2) is 0 Å². The van der Waals surface area contributed by atoms with Gasteiger partial charge in [0.25, 0.3) is 0 Å². The first kappa shape index (κ1) is 14.1. The summed E-state index contributed by atoms with van der Waals surface area (Å²) >= 11 is 11.8. The Balaban J connectivity index is 2.15. The maximum Gasteiger partial charge on any atom is 0.167 e. The molecule has 0 amide bonds. The summed E-state index contributed by atoms with van der Waals surface area (Å²) < 4.78 is 0. The number of carbonyl (C=O) groups is 1. The van der Waals surface area contributed by atoms with Crippen LogP contribution in [0.5, 0.6) is 0 Å². The van der Waals surface area contributed by atoms with Crippen molar-refractivity contribution in [2.45, 2.75) is 19.8 Å². The van der Waals surface area contributed by atoms with Crippen molar-refractivity contribution in [3.63, 3.8) is 0 Å². The standard InChI is InChI=1S/C16H14Cl2O/c1-2-11-3-5-12(6-4-11)7-16(19)13-8-14(17)10-15(18)9-13/h3-6,8-10H,2,7H2,1H3. The number of hydrogen-bond acceptors (Lipinski definition) is 1. The average Bonchev–Trinajstić information content (AvgIpc) is 2.38. The molecule has 0 aromatic heterocycles. The van der Waals surface area contributed by atoms with Crippen LogP contribution < -0.4 is 0 Å². The first-order valence-electron chi connectivity index (χ1n) is 6.15. The van der Waals surface area contributed by atoms with Crippen LogP contribution in [0.1, 0.15) is 28.4 Å². The van der Waals surface area contributed by atoms with E-state index in [9.17, 15) is 4.79 Å². The van der Waals surface area contributed by atoms with Gasteiger partial charge in [-0.15, -0.1) is 0 Å². The summed E-state index contributed by atoms with van der Waals surface area (Å²) in [5.41, 5.74) is 2.82. The number of hydrogen-bond donors (Lipinski definition) is 0. The van der Waals surface area contributed by atoms with Crippen LogP contribution in [-0.4, -0.2) is 5.78 Å². The molecule has 0 aliphatic carbocycles. The third-order valence-corrected chi connectivity index (χ3v) is 3.42. The molecule has 0 unspecified atom stereocenters. The lowest BCUT2D eigenvalue weighted by atomic mass is 10.0. The molecule has 98 valence electrons. The maximum atomic E-state index is 12.2. The second-order valence-corrected chi connectivity index (χ2v) is 5.30. The van der Waals surface area contributed by atoms with E-state index in [0.29, 0.717) is 22.0 Å². The third-order valence-electron chi connectivity index (χ3n) is 2.98. The number of aryl methyl sites for hydroxylation is 1. The van der Waals surface area contributed by atoms with Crippen LogP contribution in [0.4, 0.5) is 0 Å². The summed E-state index contributed by atoms with van der Waals surface area (Å²) in [6.45, 7) is 2.11. The molecule has 0 saturated heterocycles. The molecule has 0 bridgehead atoms. The second-order valence-electron chi connectivity index (χ2n) is 4.43. The Labute approximate surface area is 123 Å². The van der Waals surface area contributed by atoms with Crippen molar-refractivity contribution < 1.29 is 4.79 Å². The molecule has 2 rings (SSSR count). The normalized spacial score (nSPS) is 10.5. The predicted octanol–water partition coefficient (Wildman–Crippen LogP) is 4.98. The Kier molecular flexibility index (Phi) is 4.62. The summed E-state index contributed by atoms with van der Waals surface area (Å²) in [6, 6.07) is 13.0. The van der Waals surface area contributed by atoms with Gasteiger partial charge in [0.05, 0.1) is 0 Å². The van der Waals surface area contributed by atoms with Crippen LogP contribution >= 0.6 is 23.2 Å². The average molecular weight is 293 g/mol. The molecule has 0 radical (unpaired) electrons. The van der Waals surface area contributed by atoms with E-state index in [1.54, 1.807) is 18.2 Å².